The first-order valence-corrected chi connectivity index (χ1v) is 10.8. The zero-order chi connectivity index (χ0) is 23.3. The first-order valence-electron chi connectivity index (χ1n) is 10.8. The van der Waals surface area contributed by atoms with E-state index in [9.17, 15) is 18.7 Å². The summed E-state index contributed by atoms with van der Waals surface area (Å²) in [4.78, 5) is 11.4. The molecule has 6 nitrogen and oxygen atoms in total. The topological polar surface area (TPSA) is 80.1 Å². The largest absolute Gasteiger partial charge is 0.479 e. The fourth-order valence-electron chi connectivity index (χ4n) is 4.81. The van der Waals surface area contributed by atoms with Gasteiger partial charge in [-0.2, -0.15) is 5.10 Å². The molecule has 4 aromatic rings. The molecule has 5 rings (SSSR count). The number of halogens is 3. The molecule has 172 valence electrons. The third-order valence-corrected chi connectivity index (χ3v) is 6.41. The zero-order valence-electron chi connectivity index (χ0n) is 17.9. The molecule has 1 aliphatic rings. The molecule has 33 heavy (non-hydrogen) atoms. The summed E-state index contributed by atoms with van der Waals surface area (Å²) < 4.78 is 51.7. The Bertz CT molecular complexity index is 1370. The van der Waals surface area contributed by atoms with E-state index >= 15 is 4.39 Å². The van der Waals surface area contributed by atoms with Gasteiger partial charge in [-0.15, -0.1) is 0 Å². The molecule has 3 heterocycles. The fraction of sp³-hybridized carbons (Fsp3) is 0.333. The smallest absolute Gasteiger partial charge is 0.338 e. The molecule has 0 amide bonds. The van der Waals surface area contributed by atoms with E-state index in [0.29, 0.717) is 59.5 Å². The lowest BCUT2D eigenvalue weighted by Gasteiger charge is -2.26. The third-order valence-electron chi connectivity index (χ3n) is 6.41. The van der Waals surface area contributed by atoms with Crippen LogP contribution in [-0.4, -0.2) is 45.2 Å². The fourth-order valence-corrected chi connectivity index (χ4v) is 4.81. The molecule has 1 aliphatic heterocycles. The van der Waals surface area contributed by atoms with Crippen molar-refractivity contribution in [2.45, 2.75) is 38.3 Å². The Balaban J connectivity index is 1.89. The minimum Gasteiger partial charge on any atom is -0.479 e. The number of ether oxygens (including phenoxy) is 1. The number of carbonyl (C=O) groups is 1. The second-order valence-corrected chi connectivity index (χ2v) is 8.45. The Kier molecular flexibility index (Phi) is 5.36. The lowest BCUT2D eigenvalue weighted by molar-refractivity contribution is -0.142. The molecular weight excluding hydrogens is 435 g/mol. The summed E-state index contributed by atoms with van der Waals surface area (Å²) in [5, 5.41) is 16.5. The number of carboxylic acid groups (broad SMARTS) is 1. The average molecular weight is 457 g/mol. The highest BCUT2D eigenvalue weighted by atomic mass is 19.1. The first-order chi connectivity index (χ1) is 15.9. The van der Waals surface area contributed by atoms with Gasteiger partial charge in [0.25, 0.3) is 0 Å². The van der Waals surface area contributed by atoms with Crippen LogP contribution in [0.25, 0.3) is 27.5 Å². The Labute approximate surface area is 187 Å². The summed E-state index contributed by atoms with van der Waals surface area (Å²) in [5.41, 5.74) is 2.58. The van der Waals surface area contributed by atoms with Crippen LogP contribution in [0, 0.1) is 18.6 Å². The number of aromatic amines is 1. The summed E-state index contributed by atoms with van der Waals surface area (Å²) in [5.74, 6) is -2.70. The number of nitrogens with zero attached hydrogens (tertiary/aromatic N) is 2. The van der Waals surface area contributed by atoms with E-state index in [1.165, 1.54) is 12.3 Å². The Morgan fingerprint density at radius 2 is 2.06 bits per heavy atom. The maximum Gasteiger partial charge on any atom is 0.338 e. The van der Waals surface area contributed by atoms with Crippen molar-refractivity contribution in [2.24, 2.45) is 0 Å². The van der Waals surface area contributed by atoms with Gasteiger partial charge >= 0.3 is 5.97 Å². The van der Waals surface area contributed by atoms with Crippen molar-refractivity contribution in [1.29, 1.82) is 0 Å². The number of benzene rings is 2. The summed E-state index contributed by atoms with van der Waals surface area (Å²) in [6.07, 6.45) is 0.0499. The number of nitrogens with one attached hydrogen (secondary N) is 1. The second-order valence-electron chi connectivity index (χ2n) is 8.45. The summed E-state index contributed by atoms with van der Waals surface area (Å²) in [6.45, 7) is 2.61. The van der Waals surface area contributed by atoms with Gasteiger partial charge in [0.2, 0.25) is 6.17 Å². The summed E-state index contributed by atoms with van der Waals surface area (Å²) in [6, 6.07) is 6.33. The van der Waals surface area contributed by atoms with Crippen LogP contribution in [0.3, 0.4) is 0 Å². The van der Waals surface area contributed by atoms with Crippen LogP contribution in [0.5, 0.6) is 0 Å². The second kappa shape index (κ2) is 8.22. The number of alkyl halides is 1. The monoisotopic (exact) mass is 457 g/mol. The quantitative estimate of drug-likeness (QED) is 0.444. The maximum atomic E-state index is 15.8. The highest BCUT2D eigenvalue weighted by molar-refractivity contribution is 5.99. The average Bonchev–Trinajstić information content (AvgIpc) is 3.39. The highest BCUT2D eigenvalue weighted by Crippen LogP contribution is 2.42. The van der Waals surface area contributed by atoms with Gasteiger partial charge in [-0.05, 0) is 55.2 Å². The molecule has 0 radical (unpaired) electrons. The van der Waals surface area contributed by atoms with Gasteiger partial charge in [0.1, 0.15) is 11.3 Å². The van der Waals surface area contributed by atoms with Gasteiger partial charge in [0.15, 0.2) is 5.82 Å². The van der Waals surface area contributed by atoms with Crippen molar-refractivity contribution in [3.8, 4) is 5.69 Å². The first kappa shape index (κ1) is 21.5. The Morgan fingerprint density at radius 1 is 1.30 bits per heavy atom. The van der Waals surface area contributed by atoms with Crippen molar-refractivity contribution in [2.75, 3.05) is 13.2 Å². The Hall–Kier alpha value is -3.33. The summed E-state index contributed by atoms with van der Waals surface area (Å²) in [7, 11) is 0. The number of H-pyrrole nitrogens is 1. The number of aromatic nitrogens is 3. The Morgan fingerprint density at radius 3 is 2.76 bits per heavy atom. The van der Waals surface area contributed by atoms with Crippen LogP contribution in [-0.2, 0) is 16.0 Å². The molecule has 1 saturated heterocycles. The van der Waals surface area contributed by atoms with Crippen LogP contribution in [0.1, 0.15) is 35.6 Å². The van der Waals surface area contributed by atoms with Crippen LogP contribution in [0.15, 0.2) is 30.5 Å². The van der Waals surface area contributed by atoms with Crippen LogP contribution >= 0.6 is 0 Å². The van der Waals surface area contributed by atoms with E-state index in [2.05, 4.69) is 10.2 Å². The number of hydrogen-bond donors (Lipinski definition) is 2. The molecule has 0 unspecified atom stereocenters. The number of fused-ring (bicyclic) bond motifs is 2. The van der Waals surface area contributed by atoms with Gasteiger partial charge in [-0.25, -0.2) is 18.0 Å². The van der Waals surface area contributed by atoms with Crippen molar-refractivity contribution >= 4 is 27.8 Å². The molecule has 0 bridgehead atoms. The predicted molar refractivity (Wildman–Crippen MR) is 117 cm³/mol. The molecule has 1 atom stereocenters. The predicted octanol–water partition coefficient (Wildman–Crippen LogP) is 4.95. The number of rotatable bonds is 5. The van der Waals surface area contributed by atoms with Crippen molar-refractivity contribution in [1.82, 2.24) is 14.8 Å². The molecule has 0 spiro atoms. The number of aryl methyl sites for hydroxylation is 1. The van der Waals surface area contributed by atoms with Gasteiger partial charge in [0, 0.05) is 47.7 Å². The molecule has 2 aromatic heterocycles. The summed E-state index contributed by atoms with van der Waals surface area (Å²) >= 11 is 0. The normalized spacial score (nSPS) is 16.0. The standard InChI is InChI=1S/C24H22F3N3O3/c1-12-8-15(2-3-17(12)25)30-19-9-14-11-28-29-22(14)21(27)20(19)16(10-18(26)24(31)32)23(30)13-4-6-33-7-5-13/h2-3,8-9,11,13,18H,4-7,10H2,1H3,(H,28,29)(H,31,32)/t18-/m1/s1. The third kappa shape index (κ3) is 3.56. The lowest BCUT2D eigenvalue weighted by Crippen LogP contribution is -2.21. The molecule has 0 aliphatic carbocycles. The van der Waals surface area contributed by atoms with E-state index < -0.39 is 24.4 Å². The van der Waals surface area contributed by atoms with Gasteiger partial charge in [-0.1, -0.05) is 0 Å². The molecule has 2 aromatic carbocycles. The van der Waals surface area contributed by atoms with Gasteiger partial charge < -0.3 is 14.4 Å². The molecule has 1 fully saturated rings. The van der Waals surface area contributed by atoms with Crippen molar-refractivity contribution in [3.63, 3.8) is 0 Å². The van der Waals surface area contributed by atoms with E-state index in [-0.39, 0.29) is 22.6 Å². The molecule has 9 heteroatoms. The lowest BCUT2D eigenvalue weighted by atomic mass is 9.90. The van der Waals surface area contributed by atoms with Crippen LogP contribution in [0.2, 0.25) is 0 Å². The SMILES string of the molecule is Cc1cc(-n2c(C3CCOCC3)c(C[C@@H](F)C(=O)O)c3c(F)c4[nH]ncc4cc32)ccc1F. The van der Waals surface area contributed by atoms with Crippen molar-refractivity contribution < 1.29 is 27.8 Å². The molecule has 2 N–H and O–H groups in total. The van der Waals surface area contributed by atoms with Crippen molar-refractivity contribution in [3.05, 3.63) is 58.9 Å². The van der Waals surface area contributed by atoms with Crippen LogP contribution < -0.4 is 0 Å². The maximum absolute atomic E-state index is 15.8. The molecule has 0 saturated carbocycles. The van der Waals surface area contributed by atoms with Crippen LogP contribution in [0.4, 0.5) is 13.2 Å². The zero-order valence-corrected chi connectivity index (χ0v) is 17.9. The van der Waals surface area contributed by atoms with E-state index in [4.69, 9.17) is 4.74 Å². The van der Waals surface area contributed by atoms with Gasteiger partial charge in [-0.3, -0.25) is 5.10 Å². The minimum atomic E-state index is -2.20. The van der Waals surface area contributed by atoms with E-state index in [1.54, 1.807) is 25.1 Å². The minimum absolute atomic E-state index is 0.108. The number of hydrogen-bond acceptors (Lipinski definition) is 3. The number of aliphatic carboxylic acids is 1. The highest BCUT2D eigenvalue weighted by Gasteiger charge is 2.32. The number of carboxylic acids is 1. The van der Waals surface area contributed by atoms with Gasteiger partial charge in [0.05, 0.1) is 11.7 Å². The van der Waals surface area contributed by atoms with E-state index in [0.717, 1.165) is 0 Å². The molecular formula is C24H22F3N3O3. The van der Waals surface area contributed by atoms with E-state index in [1.807, 2.05) is 4.57 Å².